The Balaban J connectivity index is 3.04. The molecule has 0 aromatic carbocycles. The van der Waals surface area contributed by atoms with E-state index < -0.39 is 11.7 Å². The van der Waals surface area contributed by atoms with Crippen LogP contribution in [0.25, 0.3) is 0 Å². The van der Waals surface area contributed by atoms with Crippen molar-refractivity contribution < 1.29 is 13.2 Å². The van der Waals surface area contributed by atoms with Gasteiger partial charge in [-0.15, -0.1) is 0 Å². The van der Waals surface area contributed by atoms with E-state index in [1.54, 1.807) is 13.8 Å². The molecule has 0 radical (unpaired) electrons. The number of aromatic nitrogens is 1. The van der Waals surface area contributed by atoms with Crippen LogP contribution in [-0.4, -0.2) is 11.0 Å². The van der Waals surface area contributed by atoms with Gasteiger partial charge in [-0.1, -0.05) is 27.7 Å². The van der Waals surface area contributed by atoms with E-state index in [1.807, 2.05) is 13.8 Å². The highest BCUT2D eigenvalue weighted by molar-refractivity contribution is 5.28. The third-order valence-electron chi connectivity index (χ3n) is 2.53. The summed E-state index contributed by atoms with van der Waals surface area (Å²) in [4.78, 5) is 4.13. The maximum atomic E-state index is 12.8. The van der Waals surface area contributed by atoms with Crippen molar-refractivity contribution in [2.45, 2.75) is 52.4 Å². The zero-order valence-corrected chi connectivity index (χ0v) is 11.1. The Bertz CT molecular complexity index is 398. The minimum atomic E-state index is -4.34. The van der Waals surface area contributed by atoms with E-state index in [2.05, 4.69) is 10.3 Å². The Morgan fingerprint density at radius 2 is 1.78 bits per heavy atom. The molecule has 0 aliphatic carbocycles. The first-order valence-electron chi connectivity index (χ1n) is 6.02. The number of nitrogens with one attached hydrogen (secondary N) is 1. The van der Waals surface area contributed by atoms with Crippen molar-refractivity contribution in [2.24, 2.45) is 0 Å². The molecule has 0 unspecified atom stereocenters. The lowest BCUT2D eigenvalue weighted by molar-refractivity contribution is -0.138. The Labute approximate surface area is 106 Å². The summed E-state index contributed by atoms with van der Waals surface area (Å²) in [6.07, 6.45) is -4.34. The highest BCUT2D eigenvalue weighted by Crippen LogP contribution is 2.34. The van der Waals surface area contributed by atoms with Crippen molar-refractivity contribution in [3.63, 3.8) is 0 Å². The fourth-order valence-corrected chi connectivity index (χ4v) is 1.60. The number of halogens is 3. The highest BCUT2D eigenvalue weighted by Gasteiger charge is 2.34. The largest absolute Gasteiger partial charge is 0.418 e. The topological polar surface area (TPSA) is 24.9 Å². The summed E-state index contributed by atoms with van der Waals surface area (Å²) in [6.45, 7) is 7.88. The molecule has 2 nitrogen and oxygen atoms in total. The van der Waals surface area contributed by atoms with Crippen LogP contribution in [0, 0.1) is 0 Å². The Kier molecular flexibility index (Phi) is 4.73. The van der Waals surface area contributed by atoms with Crippen LogP contribution in [-0.2, 0) is 12.7 Å². The van der Waals surface area contributed by atoms with Gasteiger partial charge in [0.15, 0.2) is 0 Å². The monoisotopic (exact) mass is 260 g/mol. The first-order valence-corrected chi connectivity index (χ1v) is 6.02. The van der Waals surface area contributed by atoms with E-state index in [0.717, 1.165) is 6.07 Å². The Morgan fingerprint density at radius 3 is 2.22 bits per heavy atom. The van der Waals surface area contributed by atoms with Gasteiger partial charge in [0, 0.05) is 12.6 Å². The summed E-state index contributed by atoms with van der Waals surface area (Å²) in [5, 5.41) is 3.14. The van der Waals surface area contributed by atoms with Gasteiger partial charge in [-0.25, -0.2) is 0 Å². The van der Waals surface area contributed by atoms with E-state index >= 15 is 0 Å². The minimum absolute atomic E-state index is 0.116. The SMILES string of the molecule is CC(C)NCc1ccc(C(F)(F)F)c(C(C)C)n1. The molecule has 1 aromatic heterocycles. The Morgan fingerprint density at radius 1 is 1.17 bits per heavy atom. The molecule has 5 heteroatoms. The molecule has 1 heterocycles. The maximum Gasteiger partial charge on any atom is 0.418 e. The molecular weight excluding hydrogens is 241 g/mol. The number of hydrogen-bond donors (Lipinski definition) is 1. The normalized spacial score (nSPS) is 12.5. The fourth-order valence-electron chi connectivity index (χ4n) is 1.60. The lowest BCUT2D eigenvalue weighted by atomic mass is 10.0. The zero-order valence-electron chi connectivity index (χ0n) is 11.1. The van der Waals surface area contributed by atoms with Gasteiger partial charge >= 0.3 is 6.18 Å². The number of pyridine rings is 1. The second kappa shape index (κ2) is 5.69. The van der Waals surface area contributed by atoms with Crippen molar-refractivity contribution in [1.82, 2.24) is 10.3 Å². The highest BCUT2D eigenvalue weighted by atomic mass is 19.4. The van der Waals surface area contributed by atoms with Crippen LogP contribution in [0.15, 0.2) is 12.1 Å². The molecule has 0 aliphatic rings. The molecular formula is C13H19F3N2. The van der Waals surface area contributed by atoms with E-state index in [0.29, 0.717) is 12.2 Å². The Hall–Kier alpha value is -1.10. The molecule has 0 atom stereocenters. The summed E-state index contributed by atoms with van der Waals surface area (Å²) in [5.41, 5.74) is 0.122. The maximum absolute atomic E-state index is 12.8. The molecule has 0 bridgehead atoms. The molecule has 102 valence electrons. The van der Waals surface area contributed by atoms with Gasteiger partial charge in [0.2, 0.25) is 0 Å². The molecule has 0 fully saturated rings. The van der Waals surface area contributed by atoms with Crippen LogP contribution in [0.5, 0.6) is 0 Å². The van der Waals surface area contributed by atoms with E-state index in [1.165, 1.54) is 6.07 Å². The standard InChI is InChI=1S/C13H19F3N2/c1-8(2)12-11(13(14,15)16)6-5-10(18-12)7-17-9(3)4/h5-6,8-9,17H,7H2,1-4H3. The molecule has 0 spiro atoms. The summed E-state index contributed by atoms with van der Waals surface area (Å²) >= 11 is 0. The number of nitrogens with zero attached hydrogens (tertiary/aromatic N) is 1. The van der Waals surface area contributed by atoms with Crippen molar-refractivity contribution in [2.75, 3.05) is 0 Å². The summed E-state index contributed by atoms with van der Waals surface area (Å²) < 4.78 is 38.4. The van der Waals surface area contributed by atoms with Crippen LogP contribution in [0.3, 0.4) is 0 Å². The van der Waals surface area contributed by atoms with E-state index in [9.17, 15) is 13.2 Å². The molecule has 0 saturated heterocycles. The van der Waals surface area contributed by atoms with Crippen molar-refractivity contribution in [1.29, 1.82) is 0 Å². The van der Waals surface area contributed by atoms with Crippen molar-refractivity contribution in [3.05, 3.63) is 29.1 Å². The summed E-state index contributed by atoms with van der Waals surface area (Å²) in [6, 6.07) is 2.83. The van der Waals surface area contributed by atoms with Gasteiger partial charge in [0.1, 0.15) is 0 Å². The third kappa shape index (κ3) is 3.98. The lowest BCUT2D eigenvalue weighted by Gasteiger charge is -2.16. The first-order chi connectivity index (χ1) is 8.21. The fraction of sp³-hybridized carbons (Fsp3) is 0.615. The average Bonchev–Trinajstić information content (AvgIpc) is 2.24. The van der Waals surface area contributed by atoms with Gasteiger partial charge < -0.3 is 5.32 Å². The van der Waals surface area contributed by atoms with E-state index in [4.69, 9.17) is 0 Å². The first kappa shape index (κ1) is 15.0. The smallest absolute Gasteiger partial charge is 0.309 e. The molecule has 0 amide bonds. The number of rotatable bonds is 4. The second-order valence-corrected chi connectivity index (χ2v) is 4.92. The van der Waals surface area contributed by atoms with Crippen LogP contribution in [0.1, 0.15) is 50.6 Å². The minimum Gasteiger partial charge on any atom is -0.309 e. The molecule has 0 aliphatic heterocycles. The van der Waals surface area contributed by atoms with Gasteiger partial charge in [-0.05, 0) is 18.1 Å². The quantitative estimate of drug-likeness (QED) is 0.892. The lowest BCUT2D eigenvalue weighted by Crippen LogP contribution is -2.23. The molecule has 18 heavy (non-hydrogen) atoms. The summed E-state index contributed by atoms with van der Waals surface area (Å²) in [7, 11) is 0. The number of alkyl halides is 3. The summed E-state index contributed by atoms with van der Waals surface area (Å²) in [5.74, 6) is -0.249. The van der Waals surface area contributed by atoms with Crippen molar-refractivity contribution >= 4 is 0 Å². The van der Waals surface area contributed by atoms with Crippen LogP contribution >= 0.6 is 0 Å². The molecule has 1 rings (SSSR count). The van der Waals surface area contributed by atoms with Crippen LogP contribution in [0.4, 0.5) is 13.2 Å². The number of hydrogen-bond acceptors (Lipinski definition) is 2. The third-order valence-corrected chi connectivity index (χ3v) is 2.53. The van der Waals surface area contributed by atoms with Crippen LogP contribution in [0.2, 0.25) is 0 Å². The molecule has 0 saturated carbocycles. The second-order valence-electron chi connectivity index (χ2n) is 4.92. The van der Waals surface area contributed by atoms with E-state index in [-0.39, 0.29) is 17.7 Å². The molecule has 1 aromatic rings. The predicted octanol–water partition coefficient (Wildman–Crippen LogP) is 3.72. The van der Waals surface area contributed by atoms with Crippen molar-refractivity contribution in [3.8, 4) is 0 Å². The molecule has 1 N–H and O–H groups in total. The predicted molar refractivity (Wildman–Crippen MR) is 65.3 cm³/mol. The van der Waals surface area contributed by atoms with Crippen LogP contribution < -0.4 is 5.32 Å². The zero-order chi connectivity index (χ0) is 13.9. The van der Waals surface area contributed by atoms with Gasteiger partial charge in [0.25, 0.3) is 0 Å². The van der Waals surface area contributed by atoms with Gasteiger partial charge in [0.05, 0.1) is 17.0 Å². The average molecular weight is 260 g/mol. The van der Waals surface area contributed by atoms with Gasteiger partial charge in [-0.3, -0.25) is 4.98 Å². The van der Waals surface area contributed by atoms with Gasteiger partial charge in [-0.2, -0.15) is 13.2 Å².